The zero-order valence-corrected chi connectivity index (χ0v) is 17.6. The van der Waals surface area contributed by atoms with Crippen molar-refractivity contribution >= 4 is 53.1 Å². The lowest BCUT2D eigenvalue weighted by atomic mass is 10.1. The van der Waals surface area contributed by atoms with Crippen molar-refractivity contribution in [3.05, 3.63) is 57.9 Å². The average Bonchev–Trinajstić information content (AvgIpc) is 3.39. The van der Waals surface area contributed by atoms with Crippen LogP contribution in [0.3, 0.4) is 0 Å². The number of benzene rings is 1. The Morgan fingerprint density at radius 3 is 2.77 bits per heavy atom. The molecule has 0 saturated heterocycles. The molecule has 0 aliphatic carbocycles. The SMILES string of the molecule is CC(C)(C)OC(=O)n1c(/C=C/c2cscn2)nc(/C=C2/C=Nc3ccccc32)c1O. The summed E-state index contributed by atoms with van der Waals surface area (Å²) in [6, 6.07) is 7.69. The monoisotopic (exact) mass is 420 g/mol. The standard InChI is InChI=1S/C22H20N4O3S/c1-22(2,3)29-21(28)26-19(9-8-15-12-30-13-24-15)25-18(20(26)27)10-14-11-23-17-7-5-4-6-16(14)17/h4-13,27H,1-3H3/b9-8+,14-10-. The van der Waals surface area contributed by atoms with Crippen LogP contribution in [0.2, 0.25) is 0 Å². The fraction of sp³-hybridized carbons (Fsp3) is 0.182. The molecule has 8 heteroatoms. The molecule has 7 nitrogen and oxygen atoms in total. The first-order valence-electron chi connectivity index (χ1n) is 9.28. The second kappa shape index (κ2) is 7.72. The predicted octanol–water partition coefficient (Wildman–Crippen LogP) is 5.26. The van der Waals surface area contributed by atoms with E-state index < -0.39 is 11.7 Å². The number of imidazole rings is 1. The van der Waals surface area contributed by atoms with Crippen LogP contribution in [0, 0.1) is 0 Å². The first kappa shape index (κ1) is 19.8. The summed E-state index contributed by atoms with van der Waals surface area (Å²) in [4.78, 5) is 25.8. The molecule has 30 heavy (non-hydrogen) atoms. The molecular formula is C22H20N4O3S. The molecular weight excluding hydrogens is 400 g/mol. The summed E-state index contributed by atoms with van der Waals surface area (Å²) in [5.74, 6) is -0.0581. The van der Waals surface area contributed by atoms with Crippen LogP contribution in [0.1, 0.15) is 43.5 Å². The minimum atomic E-state index is -0.723. The molecule has 0 fully saturated rings. The van der Waals surface area contributed by atoms with Gasteiger partial charge in [0.2, 0.25) is 5.88 Å². The summed E-state index contributed by atoms with van der Waals surface area (Å²) in [6.45, 7) is 5.29. The molecule has 0 atom stereocenters. The van der Waals surface area contributed by atoms with Crippen molar-refractivity contribution in [1.29, 1.82) is 0 Å². The highest BCUT2D eigenvalue weighted by atomic mass is 32.1. The number of nitrogens with zero attached hydrogens (tertiary/aromatic N) is 4. The van der Waals surface area contributed by atoms with Gasteiger partial charge in [0.1, 0.15) is 17.1 Å². The van der Waals surface area contributed by atoms with Crippen LogP contribution in [0.5, 0.6) is 5.88 Å². The molecule has 0 unspecified atom stereocenters. The fourth-order valence-electron chi connectivity index (χ4n) is 2.91. The number of fused-ring (bicyclic) bond motifs is 1. The van der Waals surface area contributed by atoms with E-state index in [4.69, 9.17) is 4.74 Å². The third kappa shape index (κ3) is 4.08. The largest absolute Gasteiger partial charge is 0.493 e. The fourth-order valence-corrected chi connectivity index (χ4v) is 3.43. The van der Waals surface area contributed by atoms with Gasteiger partial charge in [-0.25, -0.2) is 14.8 Å². The van der Waals surface area contributed by atoms with E-state index in [1.54, 1.807) is 50.7 Å². The van der Waals surface area contributed by atoms with Crippen LogP contribution in [0.4, 0.5) is 10.5 Å². The topological polar surface area (TPSA) is 89.6 Å². The quantitative estimate of drug-likeness (QED) is 0.625. The minimum absolute atomic E-state index is 0.241. The molecule has 0 spiro atoms. The summed E-state index contributed by atoms with van der Waals surface area (Å²) in [5, 5.41) is 12.7. The second-order valence-electron chi connectivity index (χ2n) is 7.62. The lowest BCUT2D eigenvalue weighted by molar-refractivity contribution is 0.0524. The number of hydrogen-bond donors (Lipinski definition) is 1. The van der Waals surface area contributed by atoms with Crippen LogP contribution >= 0.6 is 11.3 Å². The molecule has 0 bridgehead atoms. The maximum atomic E-state index is 12.8. The van der Waals surface area contributed by atoms with Crippen LogP contribution in [0.25, 0.3) is 23.8 Å². The normalized spacial score (nSPS) is 14.6. The summed E-state index contributed by atoms with van der Waals surface area (Å²) < 4.78 is 6.51. The van der Waals surface area contributed by atoms with Gasteiger partial charge in [0.25, 0.3) is 0 Å². The van der Waals surface area contributed by atoms with Gasteiger partial charge >= 0.3 is 6.09 Å². The highest BCUT2D eigenvalue weighted by molar-refractivity contribution is 7.07. The minimum Gasteiger partial charge on any atom is -0.493 e. The van der Waals surface area contributed by atoms with Crippen molar-refractivity contribution in [3.8, 4) is 5.88 Å². The molecule has 152 valence electrons. The van der Waals surface area contributed by atoms with Gasteiger partial charge in [-0.1, -0.05) is 18.2 Å². The van der Waals surface area contributed by atoms with Crippen molar-refractivity contribution in [2.45, 2.75) is 26.4 Å². The van der Waals surface area contributed by atoms with E-state index in [0.29, 0.717) is 0 Å². The van der Waals surface area contributed by atoms with E-state index in [2.05, 4.69) is 15.0 Å². The van der Waals surface area contributed by atoms with E-state index >= 15 is 0 Å². The molecule has 1 aliphatic rings. The molecule has 0 radical (unpaired) electrons. The third-order valence-corrected chi connectivity index (χ3v) is 4.79. The van der Waals surface area contributed by atoms with Gasteiger partial charge < -0.3 is 9.84 Å². The van der Waals surface area contributed by atoms with Crippen molar-refractivity contribution in [3.63, 3.8) is 0 Å². The highest BCUT2D eigenvalue weighted by Crippen LogP contribution is 2.34. The Balaban J connectivity index is 1.77. The highest BCUT2D eigenvalue weighted by Gasteiger charge is 2.25. The summed E-state index contributed by atoms with van der Waals surface area (Å²) in [5.41, 5.74) is 4.54. The van der Waals surface area contributed by atoms with Gasteiger partial charge in [-0.15, -0.1) is 11.3 Å². The number of rotatable bonds is 3. The molecule has 4 rings (SSSR count). The number of aromatic hydroxyl groups is 1. The van der Waals surface area contributed by atoms with Gasteiger partial charge in [-0.2, -0.15) is 4.57 Å². The first-order valence-corrected chi connectivity index (χ1v) is 10.2. The number of carbonyl (C=O) groups is 1. The Labute approximate surface area is 177 Å². The van der Waals surface area contributed by atoms with Gasteiger partial charge in [-0.3, -0.25) is 4.99 Å². The van der Waals surface area contributed by atoms with Crippen molar-refractivity contribution < 1.29 is 14.6 Å². The van der Waals surface area contributed by atoms with Gasteiger partial charge in [0.05, 0.1) is 16.9 Å². The number of aliphatic imine (C=N–C) groups is 1. The Morgan fingerprint density at radius 2 is 2.03 bits per heavy atom. The van der Waals surface area contributed by atoms with E-state index in [1.807, 2.05) is 29.6 Å². The van der Waals surface area contributed by atoms with Crippen molar-refractivity contribution in [2.24, 2.45) is 4.99 Å². The number of aromatic nitrogens is 3. The van der Waals surface area contributed by atoms with Crippen molar-refractivity contribution in [2.75, 3.05) is 0 Å². The number of thiazole rings is 1. The van der Waals surface area contributed by atoms with Gasteiger partial charge in [-0.05, 0) is 45.1 Å². The van der Waals surface area contributed by atoms with E-state index in [-0.39, 0.29) is 17.4 Å². The third-order valence-electron chi connectivity index (χ3n) is 4.19. The summed E-state index contributed by atoms with van der Waals surface area (Å²) in [6.07, 6.45) is 6.04. The average molecular weight is 420 g/mol. The molecule has 1 aliphatic heterocycles. The van der Waals surface area contributed by atoms with Crippen LogP contribution in [0.15, 0.2) is 40.1 Å². The predicted molar refractivity (Wildman–Crippen MR) is 119 cm³/mol. The van der Waals surface area contributed by atoms with Crippen LogP contribution in [-0.2, 0) is 4.74 Å². The Kier molecular flexibility index (Phi) is 5.09. The molecule has 1 aromatic carbocycles. The zero-order chi connectivity index (χ0) is 21.3. The molecule has 3 aromatic rings. The Morgan fingerprint density at radius 1 is 1.23 bits per heavy atom. The summed E-state index contributed by atoms with van der Waals surface area (Å²) in [7, 11) is 0. The van der Waals surface area contributed by atoms with E-state index in [1.165, 1.54) is 11.3 Å². The smallest absolute Gasteiger partial charge is 0.423 e. The van der Waals surface area contributed by atoms with Crippen LogP contribution < -0.4 is 0 Å². The maximum absolute atomic E-state index is 12.8. The van der Waals surface area contributed by atoms with E-state index in [0.717, 1.165) is 27.1 Å². The Hall–Kier alpha value is -3.52. The molecule has 1 N–H and O–H groups in total. The maximum Gasteiger partial charge on any atom is 0.423 e. The van der Waals surface area contributed by atoms with Crippen LogP contribution in [-0.4, -0.2) is 37.6 Å². The number of allylic oxidation sites excluding steroid dienone is 1. The number of carbonyl (C=O) groups excluding carboxylic acids is 1. The van der Waals surface area contributed by atoms with E-state index in [9.17, 15) is 9.90 Å². The lowest BCUT2D eigenvalue weighted by Gasteiger charge is -2.20. The van der Waals surface area contributed by atoms with Crippen molar-refractivity contribution in [1.82, 2.24) is 14.5 Å². The zero-order valence-electron chi connectivity index (χ0n) is 16.7. The second-order valence-corrected chi connectivity index (χ2v) is 8.33. The van der Waals surface area contributed by atoms with Gasteiger partial charge in [0.15, 0.2) is 0 Å². The summed E-state index contributed by atoms with van der Waals surface area (Å²) >= 11 is 1.46. The molecule has 3 heterocycles. The first-order chi connectivity index (χ1) is 14.3. The molecule has 0 amide bonds. The lowest BCUT2D eigenvalue weighted by Crippen LogP contribution is -2.27. The number of para-hydroxylation sites is 1. The molecule has 0 saturated carbocycles. The van der Waals surface area contributed by atoms with Gasteiger partial charge in [0, 0.05) is 22.7 Å². The Bertz CT molecular complexity index is 1180. The number of hydrogen-bond acceptors (Lipinski definition) is 7. The molecule has 2 aromatic heterocycles. The number of ether oxygens (including phenoxy) is 1.